The first-order valence-corrected chi connectivity index (χ1v) is 9.65. The number of hydrogen-bond acceptors (Lipinski definition) is 7. The van der Waals surface area contributed by atoms with E-state index in [1.165, 1.54) is 0 Å². The minimum absolute atomic E-state index is 0.331. The molecule has 28 heavy (non-hydrogen) atoms. The molecule has 1 atom stereocenters. The van der Waals surface area contributed by atoms with Crippen molar-refractivity contribution >= 4 is 22.7 Å². The Kier molecular flexibility index (Phi) is 4.97. The average Bonchev–Trinajstić information content (AvgIpc) is 3.29. The van der Waals surface area contributed by atoms with E-state index in [0.29, 0.717) is 18.1 Å². The lowest BCUT2D eigenvalue weighted by Crippen LogP contribution is -2.38. The topological polar surface area (TPSA) is 91.0 Å². The van der Waals surface area contributed by atoms with Gasteiger partial charge in [0.05, 0.1) is 23.4 Å². The molecule has 0 bridgehead atoms. The molecule has 0 spiro atoms. The highest BCUT2D eigenvalue weighted by molar-refractivity contribution is 6.05. The molecular weight excluding hydrogens is 358 g/mol. The summed E-state index contributed by atoms with van der Waals surface area (Å²) in [5.41, 5.74) is 3.03. The van der Waals surface area contributed by atoms with Gasteiger partial charge in [-0.2, -0.15) is 10.2 Å². The van der Waals surface area contributed by atoms with Crippen molar-refractivity contribution in [3.8, 4) is 0 Å². The number of rotatable bonds is 5. The molecule has 4 heterocycles. The maximum atomic E-state index is 12.7. The lowest BCUT2D eigenvalue weighted by Gasteiger charge is -2.35. The van der Waals surface area contributed by atoms with Crippen LogP contribution < -0.4 is 4.90 Å². The number of anilines is 1. The van der Waals surface area contributed by atoms with E-state index in [9.17, 15) is 4.79 Å². The smallest absolute Gasteiger partial charge is 0.341 e. The van der Waals surface area contributed by atoms with Crippen molar-refractivity contribution in [3.63, 3.8) is 0 Å². The molecule has 0 aliphatic carbocycles. The largest absolute Gasteiger partial charge is 0.462 e. The molecule has 4 rings (SSSR count). The highest BCUT2D eigenvalue weighted by Crippen LogP contribution is 2.35. The first-order chi connectivity index (χ1) is 13.6. The molecule has 1 saturated heterocycles. The average molecular weight is 383 g/mol. The summed E-state index contributed by atoms with van der Waals surface area (Å²) in [5.74, 6) is 0.0826. The summed E-state index contributed by atoms with van der Waals surface area (Å²) in [7, 11) is 1.87. The molecule has 3 aromatic heterocycles. The van der Waals surface area contributed by atoms with Crippen LogP contribution in [-0.4, -0.2) is 55.2 Å². The molecule has 1 fully saturated rings. The fraction of sp³-hybridized carbons (Fsp3) is 0.526. The molecule has 0 amide bonds. The van der Waals surface area contributed by atoms with E-state index in [1.807, 2.05) is 25.6 Å². The Labute approximate surface area is 163 Å². The van der Waals surface area contributed by atoms with Gasteiger partial charge in [0, 0.05) is 32.9 Å². The van der Waals surface area contributed by atoms with Crippen LogP contribution in [0.2, 0.25) is 0 Å². The molecule has 9 nitrogen and oxygen atoms in total. The van der Waals surface area contributed by atoms with Gasteiger partial charge in [-0.1, -0.05) is 0 Å². The van der Waals surface area contributed by atoms with E-state index in [-0.39, 0.29) is 5.97 Å². The van der Waals surface area contributed by atoms with E-state index in [4.69, 9.17) is 4.74 Å². The number of pyridine rings is 1. The minimum atomic E-state index is -0.339. The van der Waals surface area contributed by atoms with Crippen LogP contribution in [0.4, 0.5) is 5.69 Å². The van der Waals surface area contributed by atoms with Gasteiger partial charge in [-0.25, -0.2) is 14.8 Å². The molecule has 0 saturated carbocycles. The van der Waals surface area contributed by atoms with Crippen molar-refractivity contribution in [3.05, 3.63) is 30.1 Å². The van der Waals surface area contributed by atoms with Crippen molar-refractivity contribution in [2.45, 2.75) is 33.2 Å². The fourth-order valence-corrected chi connectivity index (χ4v) is 4.09. The third-order valence-corrected chi connectivity index (χ3v) is 5.24. The van der Waals surface area contributed by atoms with Crippen LogP contribution in [-0.2, 0) is 18.3 Å². The highest BCUT2D eigenvalue weighted by Gasteiger charge is 2.28. The van der Waals surface area contributed by atoms with E-state index in [2.05, 4.69) is 25.1 Å². The molecule has 9 heteroatoms. The molecule has 0 aromatic carbocycles. The summed E-state index contributed by atoms with van der Waals surface area (Å²) in [6.45, 7) is 6.63. The summed E-state index contributed by atoms with van der Waals surface area (Å²) in [6, 6.07) is 0. The maximum absolute atomic E-state index is 12.7. The molecular formula is C19H25N7O2. The van der Waals surface area contributed by atoms with Crippen LogP contribution in [0.5, 0.6) is 0 Å². The molecule has 1 aliphatic heterocycles. The maximum Gasteiger partial charge on any atom is 0.341 e. The van der Waals surface area contributed by atoms with Crippen LogP contribution in [0.25, 0.3) is 11.0 Å². The summed E-state index contributed by atoms with van der Waals surface area (Å²) < 4.78 is 8.95. The number of aryl methyl sites for hydroxylation is 2. The van der Waals surface area contributed by atoms with Crippen molar-refractivity contribution in [1.29, 1.82) is 0 Å². The first-order valence-electron chi connectivity index (χ1n) is 9.65. The number of piperidine rings is 1. The van der Waals surface area contributed by atoms with Gasteiger partial charge in [-0.05, 0) is 32.6 Å². The summed E-state index contributed by atoms with van der Waals surface area (Å²) >= 11 is 0. The molecule has 148 valence electrons. The minimum Gasteiger partial charge on any atom is -0.462 e. The van der Waals surface area contributed by atoms with Gasteiger partial charge in [0.15, 0.2) is 5.65 Å². The Hall–Kier alpha value is -2.97. The van der Waals surface area contributed by atoms with Crippen molar-refractivity contribution in [1.82, 2.24) is 29.5 Å². The second-order valence-electron chi connectivity index (χ2n) is 7.22. The molecule has 1 aliphatic rings. The normalized spacial score (nSPS) is 17.2. The lowest BCUT2D eigenvalue weighted by molar-refractivity contribution is 0.0526. The van der Waals surface area contributed by atoms with Crippen molar-refractivity contribution in [2.75, 3.05) is 24.6 Å². The lowest BCUT2D eigenvalue weighted by atomic mass is 9.96. The number of aromatic nitrogens is 6. The first kappa shape index (κ1) is 18.4. The van der Waals surface area contributed by atoms with E-state index < -0.39 is 0 Å². The van der Waals surface area contributed by atoms with E-state index in [0.717, 1.165) is 54.9 Å². The number of hydrogen-bond donors (Lipinski definition) is 0. The van der Waals surface area contributed by atoms with Crippen LogP contribution in [0.3, 0.4) is 0 Å². The van der Waals surface area contributed by atoms with Gasteiger partial charge in [-0.3, -0.25) is 9.36 Å². The highest BCUT2D eigenvalue weighted by atomic mass is 16.5. The Morgan fingerprint density at radius 3 is 3.00 bits per heavy atom. The Morgan fingerprint density at radius 2 is 2.25 bits per heavy atom. The SMILES string of the molecule is CCOC(=O)c1cnc2c(c(C)nn2C)c1N1CCCC(Cn2cncn2)C1. The zero-order valence-electron chi connectivity index (χ0n) is 16.5. The fourth-order valence-electron chi connectivity index (χ4n) is 4.09. The van der Waals surface area contributed by atoms with Gasteiger partial charge >= 0.3 is 5.97 Å². The number of nitrogens with zero attached hydrogens (tertiary/aromatic N) is 7. The Morgan fingerprint density at radius 1 is 1.39 bits per heavy atom. The van der Waals surface area contributed by atoms with Gasteiger partial charge in [-0.15, -0.1) is 0 Å². The van der Waals surface area contributed by atoms with E-state index in [1.54, 1.807) is 23.5 Å². The molecule has 0 radical (unpaired) electrons. The quantitative estimate of drug-likeness (QED) is 0.622. The van der Waals surface area contributed by atoms with E-state index >= 15 is 0 Å². The number of fused-ring (bicyclic) bond motifs is 1. The third-order valence-electron chi connectivity index (χ3n) is 5.24. The Balaban J connectivity index is 1.74. The molecule has 3 aromatic rings. The summed E-state index contributed by atoms with van der Waals surface area (Å²) in [6.07, 6.45) is 7.09. The second-order valence-corrected chi connectivity index (χ2v) is 7.22. The van der Waals surface area contributed by atoms with Crippen LogP contribution in [0.15, 0.2) is 18.9 Å². The van der Waals surface area contributed by atoms with Crippen LogP contribution in [0.1, 0.15) is 35.8 Å². The van der Waals surface area contributed by atoms with Gasteiger partial charge in [0.25, 0.3) is 0 Å². The predicted molar refractivity (Wildman–Crippen MR) is 104 cm³/mol. The summed E-state index contributed by atoms with van der Waals surface area (Å²) in [5, 5.41) is 9.69. The number of ether oxygens (including phenoxy) is 1. The number of carbonyl (C=O) groups excluding carboxylic acids is 1. The molecule has 1 unspecified atom stereocenters. The van der Waals surface area contributed by atoms with Crippen molar-refractivity contribution in [2.24, 2.45) is 13.0 Å². The summed E-state index contributed by atoms with van der Waals surface area (Å²) in [4.78, 5) is 23.5. The van der Waals surface area contributed by atoms with Gasteiger partial charge in [0.2, 0.25) is 0 Å². The van der Waals surface area contributed by atoms with Crippen molar-refractivity contribution < 1.29 is 9.53 Å². The number of carbonyl (C=O) groups is 1. The second kappa shape index (κ2) is 7.57. The van der Waals surface area contributed by atoms with Gasteiger partial charge in [0.1, 0.15) is 18.2 Å². The van der Waals surface area contributed by atoms with Crippen LogP contribution in [0, 0.1) is 12.8 Å². The zero-order chi connectivity index (χ0) is 19.7. The van der Waals surface area contributed by atoms with Crippen LogP contribution >= 0.6 is 0 Å². The third kappa shape index (κ3) is 3.32. The monoisotopic (exact) mass is 383 g/mol. The molecule has 0 N–H and O–H groups in total. The predicted octanol–water partition coefficient (Wildman–Crippen LogP) is 1.96. The number of esters is 1. The standard InChI is InChI=1S/C19H25N7O2/c1-4-28-19(27)15-8-21-18-16(13(2)23-24(18)3)17(15)25-7-5-6-14(9-25)10-26-12-20-11-22-26/h8,11-12,14H,4-7,9-10H2,1-3H3. The Bertz CT molecular complexity index is 980. The van der Waals surface area contributed by atoms with Gasteiger partial charge < -0.3 is 9.64 Å². The zero-order valence-corrected chi connectivity index (χ0v) is 16.5.